The second-order valence-electron chi connectivity index (χ2n) is 6.24. The van der Waals surface area contributed by atoms with Gasteiger partial charge < -0.3 is 20.2 Å². The minimum absolute atomic E-state index is 0.133. The molecular weight excluding hydrogens is 254 g/mol. The largest absolute Gasteiger partial charge is 0.388 e. The van der Waals surface area contributed by atoms with E-state index in [-0.39, 0.29) is 5.91 Å². The van der Waals surface area contributed by atoms with Crippen LogP contribution in [0.5, 0.6) is 0 Å². The molecule has 1 aliphatic rings. The number of hydrogen-bond acceptors (Lipinski definition) is 4. The fourth-order valence-corrected chi connectivity index (χ4v) is 2.31. The smallest absolute Gasteiger partial charge is 0.243 e. The molecule has 20 heavy (non-hydrogen) atoms. The van der Waals surface area contributed by atoms with Crippen LogP contribution in [0.25, 0.3) is 0 Å². The number of likely N-dealkylation sites (N-methyl/N-ethyl adjacent to an activating group) is 1. The highest BCUT2D eigenvalue weighted by Crippen LogP contribution is 2.22. The Kier molecular flexibility index (Phi) is 6.65. The van der Waals surface area contributed by atoms with E-state index in [2.05, 4.69) is 24.1 Å². The van der Waals surface area contributed by atoms with Crippen LogP contribution in [-0.4, -0.2) is 72.7 Å². The number of aliphatic hydroxyl groups is 1. The number of carbonyl (C=O) groups excluding carboxylic acids is 1. The maximum atomic E-state index is 11.6. The summed E-state index contributed by atoms with van der Waals surface area (Å²) in [5, 5.41) is 13.3. The number of amides is 1. The average molecular weight is 283 g/mol. The van der Waals surface area contributed by atoms with E-state index < -0.39 is 5.60 Å². The van der Waals surface area contributed by atoms with Crippen LogP contribution < -0.4 is 5.32 Å². The molecule has 0 spiro atoms. The molecule has 0 radical (unpaired) electrons. The third-order valence-electron chi connectivity index (χ3n) is 3.79. The Morgan fingerprint density at radius 3 is 2.50 bits per heavy atom. The summed E-state index contributed by atoms with van der Waals surface area (Å²) in [5.41, 5.74) is -0.754. The van der Waals surface area contributed by atoms with Crippen molar-refractivity contribution in [1.29, 1.82) is 0 Å². The summed E-state index contributed by atoms with van der Waals surface area (Å²) in [5.74, 6) is -0.133. The zero-order valence-electron chi connectivity index (χ0n) is 13.2. The molecule has 0 bridgehead atoms. The molecule has 5 heteroatoms. The Morgan fingerprint density at radius 1 is 1.40 bits per heavy atom. The normalized spacial score (nSPS) is 19.9. The van der Waals surface area contributed by atoms with Gasteiger partial charge in [-0.25, -0.2) is 0 Å². The minimum Gasteiger partial charge on any atom is -0.388 e. The SMILES string of the molecule is CC(C)N1CCC(O)(CNC(=O)/C=C/CN(C)C)CC1. The van der Waals surface area contributed by atoms with Crippen molar-refractivity contribution in [3.05, 3.63) is 12.2 Å². The van der Waals surface area contributed by atoms with Gasteiger partial charge in [0, 0.05) is 38.3 Å². The molecule has 0 atom stereocenters. The Hall–Kier alpha value is -0.910. The summed E-state index contributed by atoms with van der Waals surface area (Å²) in [4.78, 5) is 16.0. The van der Waals surface area contributed by atoms with Gasteiger partial charge in [-0.2, -0.15) is 0 Å². The van der Waals surface area contributed by atoms with Gasteiger partial charge in [0.1, 0.15) is 0 Å². The minimum atomic E-state index is -0.754. The molecule has 1 amide bonds. The number of nitrogens with one attached hydrogen (secondary N) is 1. The lowest BCUT2D eigenvalue weighted by Gasteiger charge is -2.39. The zero-order chi connectivity index (χ0) is 15.2. The second kappa shape index (κ2) is 7.76. The summed E-state index contributed by atoms with van der Waals surface area (Å²) in [6.45, 7) is 7.19. The van der Waals surface area contributed by atoms with Gasteiger partial charge in [0.05, 0.1) is 5.60 Å². The number of piperidine rings is 1. The molecule has 0 aromatic rings. The van der Waals surface area contributed by atoms with Crippen molar-refractivity contribution in [3.8, 4) is 0 Å². The third-order valence-corrected chi connectivity index (χ3v) is 3.79. The van der Waals surface area contributed by atoms with Crippen LogP contribution in [0.15, 0.2) is 12.2 Å². The van der Waals surface area contributed by atoms with E-state index in [0.717, 1.165) is 19.6 Å². The average Bonchev–Trinajstić information content (AvgIpc) is 2.36. The Morgan fingerprint density at radius 2 is 2.00 bits per heavy atom. The first kappa shape index (κ1) is 17.1. The van der Waals surface area contributed by atoms with Crippen molar-refractivity contribution in [2.24, 2.45) is 0 Å². The number of carbonyl (C=O) groups is 1. The summed E-state index contributed by atoms with van der Waals surface area (Å²) in [7, 11) is 3.90. The summed E-state index contributed by atoms with van der Waals surface area (Å²) in [6, 6.07) is 0.517. The van der Waals surface area contributed by atoms with Gasteiger partial charge in [-0.1, -0.05) is 6.08 Å². The van der Waals surface area contributed by atoms with E-state index in [1.165, 1.54) is 6.08 Å². The molecular formula is C15H29N3O2. The Labute approximate surface area is 122 Å². The van der Waals surface area contributed by atoms with Crippen LogP contribution in [0, 0.1) is 0 Å². The first-order chi connectivity index (χ1) is 9.32. The van der Waals surface area contributed by atoms with E-state index in [9.17, 15) is 9.90 Å². The highest BCUT2D eigenvalue weighted by molar-refractivity contribution is 5.87. The molecule has 2 N–H and O–H groups in total. The van der Waals surface area contributed by atoms with Crippen molar-refractivity contribution < 1.29 is 9.90 Å². The first-order valence-corrected chi connectivity index (χ1v) is 7.38. The van der Waals surface area contributed by atoms with E-state index >= 15 is 0 Å². The lowest BCUT2D eigenvalue weighted by molar-refractivity contribution is -0.118. The van der Waals surface area contributed by atoms with Gasteiger partial charge in [-0.15, -0.1) is 0 Å². The molecule has 1 heterocycles. The van der Waals surface area contributed by atoms with Crippen LogP contribution >= 0.6 is 0 Å². The van der Waals surface area contributed by atoms with Crippen LogP contribution in [0.4, 0.5) is 0 Å². The van der Waals surface area contributed by atoms with Gasteiger partial charge >= 0.3 is 0 Å². The molecule has 0 saturated carbocycles. The van der Waals surface area contributed by atoms with Gasteiger partial charge in [0.15, 0.2) is 0 Å². The lowest BCUT2D eigenvalue weighted by Crippen LogP contribution is -2.52. The van der Waals surface area contributed by atoms with Gasteiger partial charge in [-0.3, -0.25) is 4.79 Å². The van der Waals surface area contributed by atoms with Crippen LogP contribution in [0.2, 0.25) is 0 Å². The standard InChI is InChI=1S/C15H29N3O2/c1-13(2)18-10-7-15(20,8-11-18)12-16-14(19)6-5-9-17(3)4/h5-6,13,20H,7-12H2,1-4H3,(H,16,19)/b6-5+. The van der Waals surface area contributed by atoms with E-state index in [0.29, 0.717) is 25.4 Å². The van der Waals surface area contributed by atoms with E-state index in [4.69, 9.17) is 0 Å². The topological polar surface area (TPSA) is 55.8 Å². The first-order valence-electron chi connectivity index (χ1n) is 7.38. The highest BCUT2D eigenvalue weighted by atomic mass is 16.3. The summed E-state index contributed by atoms with van der Waals surface area (Å²) in [6.07, 6.45) is 4.78. The predicted octanol–water partition coefficient (Wildman–Crippen LogP) is 0.456. The zero-order valence-corrected chi connectivity index (χ0v) is 13.2. The molecule has 0 unspecified atom stereocenters. The fourth-order valence-electron chi connectivity index (χ4n) is 2.31. The monoisotopic (exact) mass is 283 g/mol. The van der Waals surface area contributed by atoms with Gasteiger partial charge in [0.25, 0.3) is 0 Å². The molecule has 1 aliphatic heterocycles. The lowest BCUT2D eigenvalue weighted by atomic mass is 9.90. The maximum Gasteiger partial charge on any atom is 0.243 e. The molecule has 1 saturated heterocycles. The maximum absolute atomic E-state index is 11.6. The number of likely N-dealkylation sites (tertiary alicyclic amines) is 1. The molecule has 1 rings (SSSR count). The number of hydrogen-bond donors (Lipinski definition) is 2. The van der Waals surface area contributed by atoms with Crippen LogP contribution in [-0.2, 0) is 4.79 Å². The van der Waals surface area contributed by atoms with Gasteiger partial charge in [-0.05, 0) is 40.8 Å². The quantitative estimate of drug-likeness (QED) is 0.695. The van der Waals surface area contributed by atoms with Crippen molar-refractivity contribution >= 4 is 5.91 Å². The molecule has 1 fully saturated rings. The number of nitrogens with zero attached hydrogens (tertiary/aromatic N) is 2. The van der Waals surface area contributed by atoms with Crippen LogP contribution in [0.3, 0.4) is 0 Å². The second-order valence-corrected chi connectivity index (χ2v) is 6.24. The third kappa shape index (κ3) is 6.03. The molecule has 0 aliphatic carbocycles. The summed E-state index contributed by atoms with van der Waals surface area (Å²) < 4.78 is 0. The van der Waals surface area contributed by atoms with Crippen molar-refractivity contribution in [2.45, 2.75) is 38.3 Å². The Balaban J connectivity index is 2.31. The fraction of sp³-hybridized carbons (Fsp3) is 0.800. The predicted molar refractivity (Wildman–Crippen MR) is 81.6 cm³/mol. The number of rotatable bonds is 6. The summed E-state index contributed by atoms with van der Waals surface area (Å²) >= 11 is 0. The Bertz CT molecular complexity index is 332. The van der Waals surface area contributed by atoms with Crippen molar-refractivity contribution in [1.82, 2.24) is 15.1 Å². The van der Waals surface area contributed by atoms with E-state index in [1.807, 2.05) is 25.1 Å². The molecule has 116 valence electrons. The van der Waals surface area contributed by atoms with Crippen molar-refractivity contribution in [2.75, 3.05) is 40.3 Å². The molecule has 5 nitrogen and oxygen atoms in total. The van der Waals surface area contributed by atoms with Gasteiger partial charge in [0.2, 0.25) is 5.91 Å². The molecule has 0 aromatic heterocycles. The van der Waals surface area contributed by atoms with Crippen LogP contribution in [0.1, 0.15) is 26.7 Å². The van der Waals surface area contributed by atoms with Crippen molar-refractivity contribution in [3.63, 3.8) is 0 Å². The van der Waals surface area contributed by atoms with E-state index in [1.54, 1.807) is 0 Å². The highest BCUT2D eigenvalue weighted by Gasteiger charge is 2.32. The molecule has 0 aromatic carbocycles.